The maximum absolute atomic E-state index is 5.97. The molecule has 5 nitrogen and oxygen atoms in total. The van der Waals surface area contributed by atoms with Gasteiger partial charge in [0.1, 0.15) is 5.82 Å². The van der Waals surface area contributed by atoms with Crippen molar-refractivity contribution in [3.63, 3.8) is 0 Å². The Hall–Kier alpha value is -2.82. The molecule has 0 aliphatic rings. The van der Waals surface area contributed by atoms with Crippen molar-refractivity contribution in [2.45, 2.75) is 0 Å². The second-order valence-electron chi connectivity index (χ2n) is 4.29. The highest BCUT2D eigenvalue weighted by atomic mass is 15.0. The van der Waals surface area contributed by atoms with Crippen LogP contribution in [0.3, 0.4) is 0 Å². The molecule has 2 aromatic carbocycles. The van der Waals surface area contributed by atoms with Gasteiger partial charge in [-0.2, -0.15) is 4.98 Å². The predicted octanol–water partition coefficient (Wildman–Crippen LogP) is 2.04. The number of para-hydroxylation sites is 1. The lowest BCUT2D eigenvalue weighted by Gasteiger charge is -2.08. The number of nitrogens with two attached hydrogens (primary N) is 3. The van der Waals surface area contributed by atoms with Crippen LogP contribution in [-0.2, 0) is 0 Å². The third kappa shape index (κ3) is 1.91. The molecule has 0 atom stereocenters. The molecule has 0 saturated heterocycles. The molecule has 3 rings (SSSR count). The number of nitrogen functional groups attached to an aromatic ring is 3. The first-order valence-corrected chi connectivity index (χ1v) is 5.83. The van der Waals surface area contributed by atoms with Gasteiger partial charge in [0.15, 0.2) is 0 Å². The highest BCUT2D eigenvalue weighted by Crippen LogP contribution is 2.29. The number of anilines is 3. The summed E-state index contributed by atoms with van der Waals surface area (Å²) in [6.07, 6.45) is 0. The molecule has 0 amide bonds. The fraction of sp³-hybridized carbons (Fsp3) is 0. The van der Waals surface area contributed by atoms with Crippen molar-refractivity contribution in [1.29, 1.82) is 0 Å². The molecule has 1 heterocycles. The topological polar surface area (TPSA) is 104 Å². The highest BCUT2D eigenvalue weighted by Gasteiger charge is 2.07. The lowest BCUT2D eigenvalue weighted by Crippen LogP contribution is -2.00. The van der Waals surface area contributed by atoms with Gasteiger partial charge in [0.25, 0.3) is 0 Å². The summed E-state index contributed by atoms with van der Waals surface area (Å²) >= 11 is 0. The minimum atomic E-state index is 0.170. The Kier molecular flexibility index (Phi) is 2.45. The highest BCUT2D eigenvalue weighted by molar-refractivity contribution is 5.93. The smallest absolute Gasteiger partial charge is 0.222 e. The molecule has 94 valence electrons. The van der Waals surface area contributed by atoms with Crippen LogP contribution in [0.5, 0.6) is 0 Å². The first-order valence-electron chi connectivity index (χ1n) is 5.83. The standard InChI is InChI=1S/C14H13N5/c15-11-4-2-1-3-9(11)8-5-6-10-12(7-8)18-14(17)19-13(10)16/h1-7H,15H2,(H4,16,17,18,19). The lowest BCUT2D eigenvalue weighted by atomic mass is 10.0. The van der Waals surface area contributed by atoms with Gasteiger partial charge < -0.3 is 17.2 Å². The van der Waals surface area contributed by atoms with Gasteiger partial charge in [-0.1, -0.05) is 24.3 Å². The second kappa shape index (κ2) is 4.13. The summed E-state index contributed by atoms with van der Waals surface area (Å²) in [6, 6.07) is 13.4. The van der Waals surface area contributed by atoms with Crippen molar-refractivity contribution < 1.29 is 0 Å². The van der Waals surface area contributed by atoms with Crippen molar-refractivity contribution in [3.05, 3.63) is 42.5 Å². The summed E-state index contributed by atoms with van der Waals surface area (Å²) in [7, 11) is 0. The normalized spacial score (nSPS) is 10.7. The van der Waals surface area contributed by atoms with Crippen LogP contribution < -0.4 is 17.2 Å². The van der Waals surface area contributed by atoms with Gasteiger partial charge in [-0.25, -0.2) is 4.98 Å². The minimum absolute atomic E-state index is 0.170. The van der Waals surface area contributed by atoms with Gasteiger partial charge in [-0.05, 0) is 23.8 Å². The summed E-state index contributed by atoms with van der Waals surface area (Å²) in [5.74, 6) is 0.554. The van der Waals surface area contributed by atoms with E-state index in [1.54, 1.807) is 0 Å². The molecule has 19 heavy (non-hydrogen) atoms. The van der Waals surface area contributed by atoms with Gasteiger partial charge >= 0.3 is 0 Å². The quantitative estimate of drug-likeness (QED) is 0.574. The largest absolute Gasteiger partial charge is 0.398 e. The van der Waals surface area contributed by atoms with Crippen LogP contribution in [0.25, 0.3) is 22.0 Å². The van der Waals surface area contributed by atoms with E-state index in [0.29, 0.717) is 11.3 Å². The monoisotopic (exact) mass is 251 g/mol. The maximum atomic E-state index is 5.97. The molecule has 0 saturated carbocycles. The Morgan fingerprint density at radius 3 is 2.42 bits per heavy atom. The fourth-order valence-corrected chi connectivity index (χ4v) is 2.10. The number of nitrogens with zero attached hydrogens (tertiary/aromatic N) is 2. The maximum Gasteiger partial charge on any atom is 0.222 e. The van der Waals surface area contributed by atoms with Crippen molar-refractivity contribution in [1.82, 2.24) is 9.97 Å². The van der Waals surface area contributed by atoms with E-state index in [4.69, 9.17) is 17.2 Å². The Bertz CT molecular complexity index is 767. The van der Waals surface area contributed by atoms with E-state index in [0.717, 1.165) is 22.2 Å². The summed E-state index contributed by atoms with van der Waals surface area (Å²) in [5.41, 5.74) is 20.8. The number of aromatic nitrogens is 2. The predicted molar refractivity (Wildman–Crippen MR) is 78.2 cm³/mol. The molecule has 0 fully saturated rings. The van der Waals surface area contributed by atoms with E-state index in [-0.39, 0.29) is 5.95 Å². The first-order chi connectivity index (χ1) is 9.15. The Balaban J connectivity index is 2.25. The van der Waals surface area contributed by atoms with Crippen LogP contribution >= 0.6 is 0 Å². The molecule has 0 aliphatic carbocycles. The lowest BCUT2D eigenvalue weighted by molar-refractivity contribution is 1.25. The summed E-state index contributed by atoms with van der Waals surface area (Å²) < 4.78 is 0. The Labute approximate surface area is 110 Å². The van der Waals surface area contributed by atoms with Crippen molar-refractivity contribution in [2.24, 2.45) is 0 Å². The fourth-order valence-electron chi connectivity index (χ4n) is 2.10. The van der Waals surface area contributed by atoms with E-state index in [1.165, 1.54) is 0 Å². The molecule has 0 spiro atoms. The average Bonchev–Trinajstić information content (AvgIpc) is 2.38. The van der Waals surface area contributed by atoms with Crippen LogP contribution in [0, 0.1) is 0 Å². The first kappa shape index (κ1) is 11.3. The number of rotatable bonds is 1. The minimum Gasteiger partial charge on any atom is -0.398 e. The Morgan fingerprint density at radius 2 is 1.63 bits per heavy atom. The third-order valence-electron chi connectivity index (χ3n) is 3.02. The van der Waals surface area contributed by atoms with Crippen molar-refractivity contribution >= 4 is 28.4 Å². The van der Waals surface area contributed by atoms with E-state index in [9.17, 15) is 0 Å². The molecule has 0 radical (unpaired) electrons. The number of benzene rings is 2. The SMILES string of the molecule is Nc1nc(N)c2ccc(-c3ccccc3N)cc2n1. The molecule has 6 N–H and O–H groups in total. The van der Waals surface area contributed by atoms with Gasteiger partial charge in [0, 0.05) is 16.6 Å². The van der Waals surface area contributed by atoms with Crippen LogP contribution in [0.4, 0.5) is 17.5 Å². The Morgan fingerprint density at radius 1 is 0.842 bits per heavy atom. The molecular weight excluding hydrogens is 238 g/mol. The van der Waals surface area contributed by atoms with Crippen molar-refractivity contribution in [3.8, 4) is 11.1 Å². The van der Waals surface area contributed by atoms with Gasteiger partial charge in [-0.15, -0.1) is 0 Å². The summed E-state index contributed by atoms with van der Waals surface area (Å²) in [4.78, 5) is 8.14. The molecule has 5 heteroatoms. The number of fused-ring (bicyclic) bond motifs is 1. The van der Waals surface area contributed by atoms with E-state index >= 15 is 0 Å². The van der Waals surface area contributed by atoms with Crippen LogP contribution in [0.2, 0.25) is 0 Å². The van der Waals surface area contributed by atoms with Crippen LogP contribution in [-0.4, -0.2) is 9.97 Å². The summed E-state index contributed by atoms with van der Waals surface area (Å²) in [5, 5.41) is 0.785. The second-order valence-corrected chi connectivity index (χ2v) is 4.29. The van der Waals surface area contributed by atoms with Crippen LogP contribution in [0.1, 0.15) is 0 Å². The molecule has 0 bridgehead atoms. The molecular formula is C14H13N5. The zero-order chi connectivity index (χ0) is 13.4. The average molecular weight is 251 g/mol. The van der Waals surface area contributed by atoms with Crippen molar-refractivity contribution in [2.75, 3.05) is 17.2 Å². The van der Waals surface area contributed by atoms with E-state index < -0.39 is 0 Å². The zero-order valence-electron chi connectivity index (χ0n) is 10.2. The zero-order valence-corrected chi connectivity index (χ0v) is 10.2. The third-order valence-corrected chi connectivity index (χ3v) is 3.02. The number of hydrogen-bond acceptors (Lipinski definition) is 5. The van der Waals surface area contributed by atoms with Gasteiger partial charge in [0.2, 0.25) is 5.95 Å². The molecule has 3 aromatic rings. The summed E-state index contributed by atoms with van der Waals surface area (Å²) in [6.45, 7) is 0. The number of hydrogen-bond donors (Lipinski definition) is 3. The molecule has 0 unspecified atom stereocenters. The molecule has 0 aliphatic heterocycles. The van der Waals surface area contributed by atoms with E-state index in [2.05, 4.69) is 9.97 Å². The van der Waals surface area contributed by atoms with Crippen LogP contribution in [0.15, 0.2) is 42.5 Å². The van der Waals surface area contributed by atoms with Gasteiger partial charge in [0.05, 0.1) is 5.52 Å². The van der Waals surface area contributed by atoms with E-state index in [1.807, 2.05) is 42.5 Å². The molecule has 1 aromatic heterocycles. The van der Waals surface area contributed by atoms with Gasteiger partial charge in [-0.3, -0.25) is 0 Å².